The molecular formula is C17H24F2O2. The molecule has 0 spiro atoms. The molecule has 2 nitrogen and oxygen atoms in total. The summed E-state index contributed by atoms with van der Waals surface area (Å²) in [6.45, 7) is 2.10. The first-order chi connectivity index (χ1) is 10.1. The fourth-order valence-corrected chi connectivity index (χ4v) is 2.35. The molecule has 0 aromatic heterocycles. The molecule has 1 rings (SSSR count). The predicted molar refractivity (Wildman–Crippen MR) is 79.7 cm³/mol. The number of unbranched alkanes of at least 4 members (excludes halogenated alkanes) is 3. The third-order valence-corrected chi connectivity index (χ3v) is 3.66. The van der Waals surface area contributed by atoms with Crippen LogP contribution >= 0.6 is 0 Å². The van der Waals surface area contributed by atoms with E-state index in [1.54, 1.807) is 24.3 Å². The van der Waals surface area contributed by atoms with Crippen molar-refractivity contribution in [3.8, 4) is 0 Å². The molecule has 0 heterocycles. The molecule has 0 aliphatic rings. The first kappa shape index (κ1) is 17.6. The van der Waals surface area contributed by atoms with Gasteiger partial charge in [-0.3, -0.25) is 0 Å². The van der Waals surface area contributed by atoms with Crippen molar-refractivity contribution in [3.05, 3.63) is 35.4 Å². The number of carbonyl (C=O) groups excluding carboxylic acids is 1. The molecule has 21 heavy (non-hydrogen) atoms. The number of carbonyl (C=O) groups is 1. The van der Waals surface area contributed by atoms with Crippen LogP contribution in [0.5, 0.6) is 0 Å². The Balaban J connectivity index is 2.56. The largest absolute Gasteiger partial charge is 0.465 e. The van der Waals surface area contributed by atoms with E-state index in [0.717, 1.165) is 31.2 Å². The van der Waals surface area contributed by atoms with Crippen molar-refractivity contribution in [1.82, 2.24) is 0 Å². The van der Waals surface area contributed by atoms with Crippen LogP contribution in [0, 0.1) is 5.92 Å². The second kappa shape index (κ2) is 9.48. The van der Waals surface area contributed by atoms with Gasteiger partial charge in [0.05, 0.1) is 12.7 Å². The number of methoxy groups -OCH3 is 1. The second-order valence-corrected chi connectivity index (χ2v) is 5.34. The van der Waals surface area contributed by atoms with Gasteiger partial charge in [0.15, 0.2) is 0 Å². The van der Waals surface area contributed by atoms with Crippen LogP contribution in [0.15, 0.2) is 24.3 Å². The fraction of sp³-hybridized carbons (Fsp3) is 0.588. The Morgan fingerprint density at radius 3 is 2.33 bits per heavy atom. The molecule has 0 aliphatic heterocycles. The van der Waals surface area contributed by atoms with Gasteiger partial charge in [0.1, 0.15) is 0 Å². The number of esters is 1. The lowest BCUT2D eigenvalue weighted by atomic mass is 9.93. The first-order valence-electron chi connectivity index (χ1n) is 7.53. The van der Waals surface area contributed by atoms with E-state index in [1.807, 2.05) is 0 Å². The molecule has 118 valence electrons. The van der Waals surface area contributed by atoms with Crippen LogP contribution in [0.2, 0.25) is 0 Å². The average Bonchev–Trinajstić information content (AvgIpc) is 2.50. The van der Waals surface area contributed by atoms with Crippen molar-refractivity contribution >= 4 is 5.97 Å². The van der Waals surface area contributed by atoms with Crippen molar-refractivity contribution in [2.45, 2.75) is 51.9 Å². The number of rotatable bonds is 9. The predicted octanol–water partition coefficient (Wildman–Crippen LogP) is 4.87. The van der Waals surface area contributed by atoms with Gasteiger partial charge in [-0.2, -0.15) is 0 Å². The lowest BCUT2D eigenvalue weighted by Crippen LogP contribution is -2.14. The number of halogens is 2. The van der Waals surface area contributed by atoms with E-state index in [-0.39, 0.29) is 0 Å². The number of ether oxygens (including phenoxy) is 1. The SMILES string of the molecule is CCCCCCC(Cc1ccc(C(=O)OC)cc1)C(F)F. The zero-order chi connectivity index (χ0) is 15.7. The van der Waals surface area contributed by atoms with Crippen molar-refractivity contribution in [2.24, 2.45) is 5.92 Å². The molecule has 0 fully saturated rings. The van der Waals surface area contributed by atoms with Gasteiger partial charge in [-0.25, -0.2) is 13.6 Å². The van der Waals surface area contributed by atoms with Gasteiger partial charge in [0, 0.05) is 5.92 Å². The summed E-state index contributed by atoms with van der Waals surface area (Å²) in [6, 6.07) is 6.71. The van der Waals surface area contributed by atoms with E-state index in [2.05, 4.69) is 11.7 Å². The number of benzene rings is 1. The monoisotopic (exact) mass is 298 g/mol. The third kappa shape index (κ3) is 6.23. The van der Waals surface area contributed by atoms with Crippen LogP contribution < -0.4 is 0 Å². The maximum absolute atomic E-state index is 13.1. The molecule has 4 heteroatoms. The van der Waals surface area contributed by atoms with Gasteiger partial charge in [0.25, 0.3) is 0 Å². The second-order valence-electron chi connectivity index (χ2n) is 5.34. The topological polar surface area (TPSA) is 26.3 Å². The van der Waals surface area contributed by atoms with Crippen LogP contribution in [0.3, 0.4) is 0 Å². The highest BCUT2D eigenvalue weighted by atomic mass is 19.3. The van der Waals surface area contributed by atoms with Crippen molar-refractivity contribution in [2.75, 3.05) is 7.11 Å². The Hall–Kier alpha value is -1.45. The Morgan fingerprint density at radius 1 is 1.14 bits per heavy atom. The van der Waals surface area contributed by atoms with Gasteiger partial charge >= 0.3 is 5.97 Å². The summed E-state index contributed by atoms with van der Waals surface area (Å²) in [5.41, 5.74) is 1.28. The van der Waals surface area contributed by atoms with Gasteiger partial charge in [0.2, 0.25) is 6.43 Å². The zero-order valence-corrected chi connectivity index (χ0v) is 12.8. The quantitative estimate of drug-likeness (QED) is 0.480. The maximum Gasteiger partial charge on any atom is 0.337 e. The molecule has 1 atom stereocenters. The summed E-state index contributed by atoms with van der Waals surface area (Å²) in [5.74, 6) is -1.02. The molecule has 0 amide bonds. The fourth-order valence-electron chi connectivity index (χ4n) is 2.35. The Bertz CT molecular complexity index is 415. The normalized spacial score (nSPS) is 12.4. The van der Waals surface area contributed by atoms with Crippen LogP contribution in [-0.4, -0.2) is 19.5 Å². The minimum atomic E-state index is -2.30. The van der Waals surface area contributed by atoms with E-state index < -0.39 is 18.3 Å². The summed E-state index contributed by atoms with van der Waals surface area (Å²) in [6.07, 6.45) is 2.68. The van der Waals surface area contributed by atoms with Gasteiger partial charge in [-0.05, 0) is 30.5 Å². The Kier molecular flexibility index (Phi) is 7.95. The van der Waals surface area contributed by atoms with Gasteiger partial charge in [-0.1, -0.05) is 44.7 Å². The molecule has 0 bridgehead atoms. The number of hydrogen-bond donors (Lipinski definition) is 0. The Morgan fingerprint density at radius 2 is 1.81 bits per heavy atom. The molecule has 0 aliphatic carbocycles. The Labute approximate surface area is 125 Å². The lowest BCUT2D eigenvalue weighted by molar-refractivity contribution is 0.0600. The minimum Gasteiger partial charge on any atom is -0.465 e. The highest BCUT2D eigenvalue weighted by molar-refractivity contribution is 5.89. The summed E-state index contributed by atoms with van der Waals surface area (Å²) in [4.78, 5) is 11.3. The third-order valence-electron chi connectivity index (χ3n) is 3.66. The maximum atomic E-state index is 13.1. The molecule has 0 saturated heterocycles. The first-order valence-corrected chi connectivity index (χ1v) is 7.53. The summed E-state index contributed by atoms with van der Waals surface area (Å²) in [7, 11) is 1.32. The van der Waals surface area contributed by atoms with Crippen LogP contribution in [0.4, 0.5) is 8.78 Å². The van der Waals surface area contributed by atoms with Crippen LogP contribution in [0.25, 0.3) is 0 Å². The standard InChI is InChI=1S/C17H24F2O2/c1-3-4-5-6-7-15(16(18)19)12-13-8-10-14(11-9-13)17(20)21-2/h8-11,15-16H,3-7,12H2,1-2H3. The number of hydrogen-bond acceptors (Lipinski definition) is 2. The molecule has 1 aromatic carbocycles. The van der Waals surface area contributed by atoms with E-state index in [9.17, 15) is 13.6 Å². The number of alkyl halides is 2. The highest BCUT2D eigenvalue weighted by Gasteiger charge is 2.20. The van der Waals surface area contributed by atoms with Crippen molar-refractivity contribution in [1.29, 1.82) is 0 Å². The molecule has 0 radical (unpaired) electrons. The summed E-state index contributed by atoms with van der Waals surface area (Å²) >= 11 is 0. The lowest BCUT2D eigenvalue weighted by Gasteiger charge is -2.16. The van der Waals surface area contributed by atoms with E-state index >= 15 is 0 Å². The van der Waals surface area contributed by atoms with E-state index in [1.165, 1.54) is 7.11 Å². The average molecular weight is 298 g/mol. The summed E-state index contributed by atoms with van der Waals surface area (Å²) in [5, 5.41) is 0. The summed E-state index contributed by atoms with van der Waals surface area (Å²) < 4.78 is 30.8. The zero-order valence-electron chi connectivity index (χ0n) is 12.8. The minimum absolute atomic E-state index is 0.352. The van der Waals surface area contributed by atoms with Gasteiger partial charge < -0.3 is 4.74 Å². The van der Waals surface area contributed by atoms with Crippen molar-refractivity contribution < 1.29 is 18.3 Å². The smallest absolute Gasteiger partial charge is 0.337 e. The molecule has 0 saturated carbocycles. The van der Waals surface area contributed by atoms with E-state index in [0.29, 0.717) is 18.4 Å². The van der Waals surface area contributed by atoms with Crippen LogP contribution in [-0.2, 0) is 11.2 Å². The van der Waals surface area contributed by atoms with Crippen molar-refractivity contribution in [3.63, 3.8) is 0 Å². The molecular weight excluding hydrogens is 274 g/mol. The van der Waals surface area contributed by atoms with Crippen LogP contribution in [0.1, 0.15) is 54.9 Å². The highest BCUT2D eigenvalue weighted by Crippen LogP contribution is 2.23. The van der Waals surface area contributed by atoms with E-state index in [4.69, 9.17) is 0 Å². The van der Waals surface area contributed by atoms with Gasteiger partial charge in [-0.15, -0.1) is 0 Å². The molecule has 0 N–H and O–H groups in total. The molecule has 1 aromatic rings. The molecule has 1 unspecified atom stereocenters.